The predicted octanol–water partition coefficient (Wildman–Crippen LogP) is 4.36. The topological polar surface area (TPSA) is 75.0 Å². The van der Waals surface area contributed by atoms with Gasteiger partial charge in [-0.25, -0.2) is 0 Å². The van der Waals surface area contributed by atoms with Crippen LogP contribution in [0.1, 0.15) is 25.8 Å². The van der Waals surface area contributed by atoms with Crippen molar-refractivity contribution in [1.29, 1.82) is 0 Å². The average Bonchev–Trinajstić information content (AvgIpc) is 3.37. The summed E-state index contributed by atoms with van der Waals surface area (Å²) in [6, 6.07) is 13.1. The molecule has 0 radical (unpaired) electrons. The molecule has 0 bridgehead atoms. The van der Waals surface area contributed by atoms with E-state index < -0.39 is 0 Å². The molecule has 8 heteroatoms. The molecule has 0 amide bonds. The molecule has 0 saturated heterocycles. The molecule has 0 aliphatic rings. The zero-order chi connectivity index (χ0) is 24.1. The van der Waals surface area contributed by atoms with Gasteiger partial charge in [0.25, 0.3) is 5.56 Å². The van der Waals surface area contributed by atoms with Gasteiger partial charge in [0.2, 0.25) is 4.96 Å². The van der Waals surface area contributed by atoms with Crippen molar-refractivity contribution < 1.29 is 14.2 Å². The lowest BCUT2D eigenvalue weighted by molar-refractivity contribution is 0.273. The van der Waals surface area contributed by atoms with E-state index in [1.807, 2.05) is 48.5 Å². The van der Waals surface area contributed by atoms with Crippen molar-refractivity contribution in [2.45, 2.75) is 20.3 Å². The Hall–Kier alpha value is -3.65. The second-order valence-corrected chi connectivity index (χ2v) is 9.12. The van der Waals surface area contributed by atoms with E-state index >= 15 is 0 Å². The molecule has 0 aliphatic carbocycles. The summed E-state index contributed by atoms with van der Waals surface area (Å²) < 4.78 is 18.7. The standard InChI is InChI=1S/C26H27N3O4S/c1-5-13-32-20-9-7-19(8-10-20)24-27-26-29(28-24)25(30)23(34-26)16-18-6-11-21(22(15-18)31-4)33-14-12-17(2)3/h5-11,15-17H,1,12-14H2,2-4H3. The molecular formula is C26H27N3O4S. The first-order valence-corrected chi connectivity index (χ1v) is 11.9. The third-order valence-electron chi connectivity index (χ3n) is 5.10. The molecule has 176 valence electrons. The highest BCUT2D eigenvalue weighted by Crippen LogP contribution is 2.29. The summed E-state index contributed by atoms with van der Waals surface area (Å²) in [5.74, 6) is 3.12. The largest absolute Gasteiger partial charge is 0.493 e. The van der Waals surface area contributed by atoms with Gasteiger partial charge in [0.15, 0.2) is 17.3 Å². The van der Waals surface area contributed by atoms with E-state index in [2.05, 4.69) is 30.5 Å². The lowest BCUT2D eigenvalue weighted by atomic mass is 10.1. The van der Waals surface area contributed by atoms with Gasteiger partial charge in [0, 0.05) is 5.56 Å². The molecule has 0 atom stereocenters. The van der Waals surface area contributed by atoms with E-state index in [1.165, 1.54) is 15.9 Å². The maximum Gasteiger partial charge on any atom is 0.291 e. The summed E-state index contributed by atoms with van der Waals surface area (Å²) in [5.41, 5.74) is 1.44. The molecule has 0 unspecified atom stereocenters. The molecular weight excluding hydrogens is 450 g/mol. The Bertz CT molecular complexity index is 1390. The van der Waals surface area contributed by atoms with Crippen LogP contribution in [-0.4, -0.2) is 34.9 Å². The van der Waals surface area contributed by atoms with Crippen molar-refractivity contribution >= 4 is 22.4 Å². The lowest BCUT2D eigenvalue weighted by Crippen LogP contribution is -2.23. The predicted molar refractivity (Wildman–Crippen MR) is 135 cm³/mol. The number of aromatic nitrogens is 3. The van der Waals surface area contributed by atoms with Crippen LogP contribution in [0.3, 0.4) is 0 Å². The van der Waals surface area contributed by atoms with Crippen LogP contribution in [-0.2, 0) is 0 Å². The number of rotatable bonds is 10. The highest BCUT2D eigenvalue weighted by atomic mass is 32.1. The number of thiazole rings is 1. The quantitative estimate of drug-likeness (QED) is 0.316. The van der Waals surface area contributed by atoms with Crippen LogP contribution in [0.15, 0.2) is 59.9 Å². The maximum atomic E-state index is 12.9. The molecule has 0 aliphatic heterocycles. The van der Waals surface area contributed by atoms with Gasteiger partial charge in [0.1, 0.15) is 12.4 Å². The van der Waals surface area contributed by atoms with Crippen LogP contribution in [0.4, 0.5) is 0 Å². The van der Waals surface area contributed by atoms with Crippen LogP contribution in [0.25, 0.3) is 22.4 Å². The van der Waals surface area contributed by atoms with Crippen molar-refractivity contribution in [3.05, 3.63) is 75.6 Å². The van der Waals surface area contributed by atoms with Gasteiger partial charge in [-0.05, 0) is 60.4 Å². The fourth-order valence-corrected chi connectivity index (χ4v) is 4.17. The number of fused-ring (bicyclic) bond motifs is 1. The molecule has 7 nitrogen and oxygen atoms in total. The van der Waals surface area contributed by atoms with E-state index in [9.17, 15) is 4.79 Å². The van der Waals surface area contributed by atoms with Crippen molar-refractivity contribution in [1.82, 2.24) is 14.6 Å². The lowest BCUT2D eigenvalue weighted by Gasteiger charge is -2.12. The molecule has 2 aromatic carbocycles. The van der Waals surface area contributed by atoms with Gasteiger partial charge in [-0.1, -0.05) is 43.9 Å². The molecule has 2 heterocycles. The molecule has 4 aromatic rings. The zero-order valence-corrected chi connectivity index (χ0v) is 20.3. The number of nitrogens with zero attached hydrogens (tertiary/aromatic N) is 3. The average molecular weight is 478 g/mol. The van der Waals surface area contributed by atoms with Gasteiger partial charge in [-0.2, -0.15) is 9.50 Å². The Morgan fingerprint density at radius 1 is 1.12 bits per heavy atom. The molecule has 2 aromatic heterocycles. The Morgan fingerprint density at radius 2 is 1.91 bits per heavy atom. The van der Waals surface area contributed by atoms with E-state index in [0.717, 1.165) is 23.3 Å². The number of ether oxygens (including phenoxy) is 3. The highest BCUT2D eigenvalue weighted by Gasteiger charge is 2.13. The smallest absolute Gasteiger partial charge is 0.291 e. The number of hydrogen-bond acceptors (Lipinski definition) is 7. The third-order valence-corrected chi connectivity index (χ3v) is 6.06. The Balaban J connectivity index is 1.57. The Kier molecular flexibility index (Phi) is 7.27. The van der Waals surface area contributed by atoms with Crippen molar-refractivity contribution in [3.63, 3.8) is 0 Å². The van der Waals surface area contributed by atoms with Crippen LogP contribution in [0.5, 0.6) is 17.2 Å². The summed E-state index contributed by atoms with van der Waals surface area (Å²) in [6.07, 6.45) is 4.47. The minimum Gasteiger partial charge on any atom is -0.493 e. The normalized spacial score (nSPS) is 11.8. The molecule has 4 rings (SSSR count). The van der Waals surface area contributed by atoms with Crippen molar-refractivity contribution in [2.24, 2.45) is 5.92 Å². The number of benzene rings is 2. The molecule has 0 N–H and O–H groups in total. The van der Waals surface area contributed by atoms with Crippen molar-refractivity contribution in [2.75, 3.05) is 20.3 Å². The van der Waals surface area contributed by atoms with Crippen LogP contribution < -0.4 is 24.3 Å². The minimum absolute atomic E-state index is 0.207. The number of hydrogen-bond donors (Lipinski definition) is 0. The second-order valence-electron chi connectivity index (χ2n) is 8.11. The summed E-state index contributed by atoms with van der Waals surface area (Å²) in [5, 5.41) is 4.41. The van der Waals surface area contributed by atoms with Gasteiger partial charge in [-0.15, -0.1) is 5.10 Å². The second kappa shape index (κ2) is 10.5. The first kappa shape index (κ1) is 23.5. The zero-order valence-electron chi connectivity index (χ0n) is 19.5. The van der Waals surface area contributed by atoms with Crippen LogP contribution in [0, 0.1) is 5.92 Å². The minimum atomic E-state index is -0.207. The van der Waals surface area contributed by atoms with E-state index in [4.69, 9.17) is 14.2 Å². The maximum absolute atomic E-state index is 12.9. The van der Waals surface area contributed by atoms with E-state index in [1.54, 1.807) is 13.2 Å². The SMILES string of the molecule is C=CCOc1ccc(-c2nc3sc(=Cc4ccc(OCCC(C)C)c(OC)c4)c(=O)n3n2)cc1. The third kappa shape index (κ3) is 5.28. The van der Waals surface area contributed by atoms with Crippen LogP contribution >= 0.6 is 11.3 Å². The van der Waals surface area contributed by atoms with Gasteiger partial charge < -0.3 is 14.2 Å². The van der Waals surface area contributed by atoms with E-state index in [0.29, 0.717) is 45.9 Å². The molecule has 34 heavy (non-hydrogen) atoms. The molecule has 0 saturated carbocycles. The highest BCUT2D eigenvalue weighted by molar-refractivity contribution is 7.15. The summed E-state index contributed by atoms with van der Waals surface area (Å²) >= 11 is 1.30. The fraction of sp³-hybridized carbons (Fsp3) is 0.269. The monoisotopic (exact) mass is 477 g/mol. The summed E-state index contributed by atoms with van der Waals surface area (Å²) in [6.45, 7) is 9.02. The van der Waals surface area contributed by atoms with Crippen molar-refractivity contribution in [3.8, 4) is 28.6 Å². The number of methoxy groups -OCH3 is 1. The van der Waals surface area contributed by atoms with Gasteiger partial charge in [-0.3, -0.25) is 4.79 Å². The summed E-state index contributed by atoms with van der Waals surface area (Å²) in [4.78, 5) is 18.0. The Labute approximate surface area is 201 Å². The van der Waals surface area contributed by atoms with Crippen LogP contribution in [0.2, 0.25) is 0 Å². The first-order valence-electron chi connectivity index (χ1n) is 11.0. The fourth-order valence-electron chi connectivity index (χ4n) is 3.26. The Morgan fingerprint density at radius 3 is 2.59 bits per heavy atom. The molecule has 0 fully saturated rings. The van der Waals surface area contributed by atoms with E-state index in [-0.39, 0.29) is 5.56 Å². The summed E-state index contributed by atoms with van der Waals surface area (Å²) in [7, 11) is 1.61. The van der Waals surface area contributed by atoms with Gasteiger partial charge in [0.05, 0.1) is 18.2 Å². The van der Waals surface area contributed by atoms with Gasteiger partial charge >= 0.3 is 0 Å². The molecule has 0 spiro atoms. The first-order chi connectivity index (χ1) is 16.5.